The number of benzene rings is 1. The SMILES string of the molecule is CCCCOC(=O)N1CCN(c2c(F)cc3c(=O)c(C(=O)O)cn4c3c2OC=C4)CC1. The van der Waals surface area contributed by atoms with Gasteiger partial charge in [-0.25, -0.2) is 14.0 Å². The standard InChI is InChI=1S/C21H22FN3O6/c1-2-3-9-31-21(29)24-6-4-23(5-7-24)17-15(22)11-13-16-19(17)30-10-8-25(16)12-14(18(13)26)20(27)28/h8,10-12H,2-7,9H2,1H3,(H,27,28). The van der Waals surface area contributed by atoms with E-state index in [1.54, 1.807) is 9.80 Å². The number of ether oxygens (including phenoxy) is 2. The Morgan fingerprint density at radius 2 is 2.00 bits per heavy atom. The van der Waals surface area contributed by atoms with Gasteiger partial charge in [-0.1, -0.05) is 13.3 Å². The molecule has 0 atom stereocenters. The highest BCUT2D eigenvalue weighted by atomic mass is 19.1. The van der Waals surface area contributed by atoms with Crippen molar-refractivity contribution >= 4 is 34.9 Å². The molecule has 0 unspecified atom stereocenters. The Labute approximate surface area is 176 Å². The lowest BCUT2D eigenvalue weighted by Gasteiger charge is -2.36. The van der Waals surface area contributed by atoms with E-state index in [2.05, 4.69) is 0 Å². The van der Waals surface area contributed by atoms with E-state index in [0.29, 0.717) is 38.3 Å². The minimum absolute atomic E-state index is 0.0707. The van der Waals surface area contributed by atoms with Gasteiger partial charge in [-0.3, -0.25) is 4.79 Å². The number of piperazine rings is 1. The summed E-state index contributed by atoms with van der Waals surface area (Å²) in [4.78, 5) is 39.4. The molecule has 0 bridgehead atoms. The van der Waals surface area contributed by atoms with Crippen molar-refractivity contribution in [2.75, 3.05) is 37.7 Å². The summed E-state index contributed by atoms with van der Waals surface area (Å²) in [6.45, 7) is 3.78. The molecule has 164 valence electrons. The molecule has 2 aromatic rings. The van der Waals surface area contributed by atoms with Gasteiger partial charge in [0.05, 0.1) is 12.0 Å². The van der Waals surface area contributed by atoms with Crippen molar-refractivity contribution in [1.29, 1.82) is 0 Å². The summed E-state index contributed by atoms with van der Waals surface area (Å²) in [5.74, 6) is -1.93. The predicted octanol–water partition coefficient (Wildman–Crippen LogP) is 2.72. The van der Waals surface area contributed by atoms with Gasteiger partial charge in [0, 0.05) is 38.6 Å². The molecular formula is C21H22FN3O6. The van der Waals surface area contributed by atoms with Crippen molar-refractivity contribution in [1.82, 2.24) is 9.47 Å². The summed E-state index contributed by atoms with van der Waals surface area (Å²) in [7, 11) is 0. The van der Waals surface area contributed by atoms with Gasteiger partial charge in [-0.05, 0) is 12.5 Å². The maximum Gasteiger partial charge on any atom is 0.409 e. The van der Waals surface area contributed by atoms with Crippen LogP contribution < -0.4 is 15.1 Å². The number of pyridine rings is 1. The highest BCUT2D eigenvalue weighted by molar-refractivity contribution is 5.98. The molecule has 0 saturated carbocycles. The van der Waals surface area contributed by atoms with Crippen LogP contribution in [0, 0.1) is 5.82 Å². The molecule has 4 rings (SSSR count). The van der Waals surface area contributed by atoms with Crippen molar-refractivity contribution in [2.24, 2.45) is 0 Å². The molecule has 31 heavy (non-hydrogen) atoms. The Kier molecular flexibility index (Phi) is 5.53. The van der Waals surface area contributed by atoms with Gasteiger partial charge in [0.1, 0.15) is 23.0 Å². The summed E-state index contributed by atoms with van der Waals surface area (Å²) < 4.78 is 27.4. The van der Waals surface area contributed by atoms with Crippen LogP contribution in [0.25, 0.3) is 17.1 Å². The molecular weight excluding hydrogens is 409 g/mol. The molecule has 0 radical (unpaired) electrons. The fourth-order valence-corrected chi connectivity index (χ4v) is 3.79. The van der Waals surface area contributed by atoms with Gasteiger partial charge in [-0.2, -0.15) is 0 Å². The first kappa shape index (κ1) is 20.7. The Balaban J connectivity index is 1.65. The number of carboxylic acid groups (broad SMARTS) is 1. The number of hydrogen-bond donors (Lipinski definition) is 1. The van der Waals surface area contributed by atoms with Gasteiger partial charge in [0.15, 0.2) is 11.6 Å². The maximum absolute atomic E-state index is 15.1. The Hall–Kier alpha value is -3.56. The van der Waals surface area contributed by atoms with E-state index >= 15 is 4.39 Å². The van der Waals surface area contributed by atoms with Crippen LogP contribution in [0.1, 0.15) is 30.1 Å². The second kappa shape index (κ2) is 8.29. The molecule has 9 nitrogen and oxygen atoms in total. The van der Waals surface area contributed by atoms with Gasteiger partial charge >= 0.3 is 12.1 Å². The molecule has 1 aromatic carbocycles. The lowest BCUT2D eigenvalue weighted by molar-refractivity contribution is 0.0694. The Morgan fingerprint density at radius 1 is 1.26 bits per heavy atom. The van der Waals surface area contributed by atoms with Crippen LogP contribution in [0.4, 0.5) is 14.9 Å². The van der Waals surface area contributed by atoms with E-state index in [-0.39, 0.29) is 22.9 Å². The summed E-state index contributed by atoms with van der Waals surface area (Å²) >= 11 is 0. The average Bonchev–Trinajstić information content (AvgIpc) is 2.76. The minimum atomic E-state index is -1.39. The third kappa shape index (κ3) is 3.69. The summed E-state index contributed by atoms with van der Waals surface area (Å²) in [6, 6.07) is 1.05. The number of halogens is 1. The van der Waals surface area contributed by atoms with Crippen LogP contribution >= 0.6 is 0 Å². The molecule has 2 aliphatic rings. The van der Waals surface area contributed by atoms with Crippen LogP contribution in [-0.4, -0.2) is 59.4 Å². The third-order valence-electron chi connectivity index (χ3n) is 5.41. The van der Waals surface area contributed by atoms with E-state index in [0.717, 1.165) is 18.9 Å². The zero-order valence-corrected chi connectivity index (χ0v) is 17.0. The minimum Gasteiger partial charge on any atom is -0.477 e. The molecule has 1 amide bonds. The first-order valence-corrected chi connectivity index (χ1v) is 10.1. The van der Waals surface area contributed by atoms with Crippen molar-refractivity contribution in [3.63, 3.8) is 0 Å². The second-order valence-corrected chi connectivity index (χ2v) is 7.36. The lowest BCUT2D eigenvalue weighted by Crippen LogP contribution is -2.49. The van der Waals surface area contributed by atoms with E-state index in [4.69, 9.17) is 9.47 Å². The highest BCUT2D eigenvalue weighted by Gasteiger charge is 2.30. The van der Waals surface area contributed by atoms with Gasteiger partial charge < -0.3 is 28.9 Å². The smallest absolute Gasteiger partial charge is 0.409 e. The first-order chi connectivity index (χ1) is 14.9. The van der Waals surface area contributed by atoms with Gasteiger partial charge in [0.25, 0.3) is 0 Å². The van der Waals surface area contributed by atoms with Gasteiger partial charge in [0.2, 0.25) is 5.43 Å². The van der Waals surface area contributed by atoms with Crippen molar-refractivity contribution < 1.29 is 28.6 Å². The van der Waals surface area contributed by atoms with Crippen LogP contribution in [0.2, 0.25) is 0 Å². The van der Waals surface area contributed by atoms with Gasteiger partial charge in [-0.15, -0.1) is 0 Å². The molecule has 1 aromatic heterocycles. The van der Waals surface area contributed by atoms with Crippen LogP contribution in [-0.2, 0) is 4.74 Å². The number of amides is 1. The molecule has 0 aliphatic carbocycles. The number of carboxylic acids is 1. The van der Waals surface area contributed by atoms with Crippen LogP contribution in [0.3, 0.4) is 0 Å². The largest absolute Gasteiger partial charge is 0.477 e. The van der Waals surface area contributed by atoms with E-state index in [1.807, 2.05) is 6.92 Å². The highest BCUT2D eigenvalue weighted by Crippen LogP contribution is 2.40. The number of rotatable bonds is 5. The molecule has 3 heterocycles. The molecule has 1 saturated heterocycles. The van der Waals surface area contributed by atoms with Crippen molar-refractivity contribution in [3.05, 3.63) is 40.1 Å². The molecule has 2 aliphatic heterocycles. The third-order valence-corrected chi connectivity index (χ3v) is 5.41. The Morgan fingerprint density at radius 3 is 2.68 bits per heavy atom. The zero-order chi connectivity index (χ0) is 22.1. The number of aromatic carboxylic acids is 1. The zero-order valence-electron chi connectivity index (χ0n) is 17.0. The summed E-state index contributed by atoms with van der Waals surface area (Å²) in [5, 5.41) is 9.21. The molecule has 1 N–H and O–H groups in total. The van der Waals surface area contributed by atoms with E-state index in [1.165, 1.54) is 23.2 Å². The topological polar surface area (TPSA) is 101 Å². The van der Waals surface area contributed by atoms with E-state index in [9.17, 15) is 19.5 Å². The molecule has 0 spiro atoms. The number of unbranched alkanes of at least 4 members (excludes halogenated alkanes) is 1. The van der Waals surface area contributed by atoms with Crippen LogP contribution in [0.15, 0.2) is 23.3 Å². The maximum atomic E-state index is 15.1. The number of anilines is 1. The normalized spacial score (nSPS) is 15.2. The fraction of sp³-hybridized carbons (Fsp3) is 0.381. The van der Waals surface area contributed by atoms with Crippen molar-refractivity contribution in [2.45, 2.75) is 19.8 Å². The molecule has 10 heteroatoms. The Bertz CT molecular complexity index is 1130. The number of aromatic nitrogens is 1. The van der Waals surface area contributed by atoms with Crippen molar-refractivity contribution in [3.8, 4) is 5.75 Å². The predicted molar refractivity (Wildman–Crippen MR) is 111 cm³/mol. The second-order valence-electron chi connectivity index (χ2n) is 7.36. The molecule has 1 fully saturated rings. The lowest BCUT2D eigenvalue weighted by atomic mass is 10.1. The summed E-state index contributed by atoms with van der Waals surface area (Å²) in [5.41, 5.74) is -0.751. The van der Waals surface area contributed by atoms with E-state index < -0.39 is 22.8 Å². The average molecular weight is 431 g/mol. The fourth-order valence-electron chi connectivity index (χ4n) is 3.79. The monoisotopic (exact) mass is 431 g/mol. The first-order valence-electron chi connectivity index (χ1n) is 10.1. The quantitative estimate of drug-likeness (QED) is 0.727. The number of carbonyl (C=O) groups is 2. The van der Waals surface area contributed by atoms with Crippen LogP contribution in [0.5, 0.6) is 5.75 Å². The summed E-state index contributed by atoms with van der Waals surface area (Å²) in [6.07, 6.45) is 5.31. The number of nitrogens with zero attached hydrogens (tertiary/aromatic N) is 3. The number of hydrogen-bond acceptors (Lipinski definition) is 6. The number of carbonyl (C=O) groups excluding carboxylic acids is 1.